The predicted molar refractivity (Wildman–Crippen MR) is 69.0 cm³/mol. The number of aromatic amines is 1. The summed E-state index contributed by atoms with van der Waals surface area (Å²) < 4.78 is 24.8. The molecule has 0 aliphatic carbocycles. The average Bonchev–Trinajstić information content (AvgIpc) is 2.99. The van der Waals surface area contributed by atoms with Gasteiger partial charge in [0.1, 0.15) is 6.10 Å². The summed E-state index contributed by atoms with van der Waals surface area (Å²) in [6.45, 7) is -0.807. The Labute approximate surface area is 117 Å². The summed E-state index contributed by atoms with van der Waals surface area (Å²) in [6, 6.07) is 0. The monoisotopic (exact) mass is 299 g/mol. The second-order valence-corrected chi connectivity index (χ2v) is 4.71. The fraction of sp³-hybridized carbons (Fsp3) is 0.545. The van der Waals surface area contributed by atoms with E-state index in [1.54, 1.807) is 0 Å². The number of alkyl halides is 1. The Morgan fingerprint density at radius 2 is 2.43 bits per heavy atom. The van der Waals surface area contributed by atoms with Gasteiger partial charge in [-0.15, -0.1) is 0 Å². The van der Waals surface area contributed by atoms with Crippen LogP contribution in [0, 0.1) is 5.92 Å². The van der Waals surface area contributed by atoms with Crippen molar-refractivity contribution in [3.63, 3.8) is 0 Å². The molecule has 3 rings (SSSR count). The number of anilines is 1. The molecule has 0 aromatic carbocycles. The molecular weight excluding hydrogens is 285 g/mol. The molecule has 0 spiro atoms. The first-order valence-electron chi connectivity index (χ1n) is 6.21. The average molecular weight is 299 g/mol. The number of hydrogen-bond acceptors (Lipinski definition) is 7. The van der Waals surface area contributed by atoms with Crippen LogP contribution in [0.3, 0.4) is 0 Å². The Morgan fingerprint density at radius 3 is 3.05 bits per heavy atom. The minimum atomic E-state index is -1.17. The van der Waals surface area contributed by atoms with Crippen LogP contribution in [-0.4, -0.2) is 50.8 Å². The molecule has 1 saturated heterocycles. The van der Waals surface area contributed by atoms with Gasteiger partial charge in [-0.1, -0.05) is 0 Å². The normalized spacial score (nSPS) is 29.3. The molecule has 0 saturated carbocycles. The van der Waals surface area contributed by atoms with Gasteiger partial charge < -0.3 is 20.3 Å². The van der Waals surface area contributed by atoms with Gasteiger partial charge in [0.05, 0.1) is 18.9 Å². The number of aliphatic hydroxyl groups is 1. The number of fused-ring (bicyclic) bond motifs is 1. The number of halogens is 1. The zero-order valence-corrected chi connectivity index (χ0v) is 11.1. The summed E-state index contributed by atoms with van der Waals surface area (Å²) in [5.74, 6) is -0.927. The molecule has 114 valence electrons. The lowest BCUT2D eigenvalue weighted by molar-refractivity contribution is -0.149. The van der Waals surface area contributed by atoms with Gasteiger partial charge in [0, 0.05) is 7.11 Å². The molecule has 2 aromatic rings. The molecule has 4 atom stereocenters. The van der Waals surface area contributed by atoms with Crippen LogP contribution in [-0.2, 0) is 9.47 Å². The van der Waals surface area contributed by atoms with Gasteiger partial charge in [-0.2, -0.15) is 4.98 Å². The topological polar surface area (TPSA) is 128 Å². The number of nitrogen functional groups attached to an aromatic ring is 1. The smallest absolute Gasteiger partial charge is 0.280 e. The maximum absolute atomic E-state index is 13.0. The number of nitrogens with zero attached hydrogens (tertiary/aromatic N) is 3. The highest BCUT2D eigenvalue weighted by molar-refractivity contribution is 5.70. The highest BCUT2D eigenvalue weighted by Gasteiger charge is 2.45. The van der Waals surface area contributed by atoms with Gasteiger partial charge in [-0.3, -0.25) is 18.7 Å². The van der Waals surface area contributed by atoms with Crippen molar-refractivity contribution in [2.75, 3.05) is 19.5 Å². The van der Waals surface area contributed by atoms with Gasteiger partial charge in [0.25, 0.3) is 5.56 Å². The van der Waals surface area contributed by atoms with Crippen LogP contribution < -0.4 is 11.3 Å². The van der Waals surface area contributed by atoms with Gasteiger partial charge in [0.2, 0.25) is 5.95 Å². The first kappa shape index (κ1) is 13.9. The minimum Gasteiger partial charge on any atom is -0.388 e. The van der Waals surface area contributed by atoms with E-state index in [1.807, 2.05) is 0 Å². The molecule has 3 heterocycles. The lowest BCUT2D eigenvalue weighted by atomic mass is 10.1. The Hall–Kier alpha value is -2.04. The second-order valence-electron chi connectivity index (χ2n) is 4.71. The van der Waals surface area contributed by atoms with Gasteiger partial charge in [0.15, 0.2) is 23.7 Å². The molecule has 1 aliphatic rings. The lowest BCUT2D eigenvalue weighted by Crippen LogP contribution is -2.28. The quantitative estimate of drug-likeness (QED) is 0.673. The Morgan fingerprint density at radius 1 is 1.67 bits per heavy atom. The molecule has 0 radical (unpaired) electrons. The fourth-order valence-corrected chi connectivity index (χ4v) is 2.45. The van der Waals surface area contributed by atoms with E-state index in [-0.39, 0.29) is 17.1 Å². The van der Waals surface area contributed by atoms with Crippen LogP contribution >= 0.6 is 0 Å². The van der Waals surface area contributed by atoms with Crippen molar-refractivity contribution in [3.8, 4) is 0 Å². The standard InChI is InChI=1S/C11H14FN5O4/c1-20-10-4(2-12)6(18)9(21-10)17-3-14-5-7(17)15-11(13)16-8(5)19/h3-4,6,9-10,18H,2H2,1H3,(H3,13,15,16,19)/t4?,6?,9-,10+/m1/s1. The van der Waals surface area contributed by atoms with Crippen molar-refractivity contribution in [2.24, 2.45) is 5.92 Å². The maximum Gasteiger partial charge on any atom is 0.280 e. The summed E-state index contributed by atoms with van der Waals surface area (Å²) in [6.07, 6.45) is -1.74. The van der Waals surface area contributed by atoms with Crippen molar-refractivity contribution in [1.29, 1.82) is 0 Å². The van der Waals surface area contributed by atoms with Crippen LogP contribution in [0.15, 0.2) is 11.1 Å². The van der Waals surface area contributed by atoms with Crippen molar-refractivity contribution in [2.45, 2.75) is 18.6 Å². The Kier molecular flexibility index (Phi) is 3.35. The third kappa shape index (κ3) is 2.07. The highest BCUT2D eigenvalue weighted by Crippen LogP contribution is 2.35. The maximum atomic E-state index is 13.0. The lowest BCUT2D eigenvalue weighted by Gasteiger charge is -2.16. The van der Waals surface area contributed by atoms with Gasteiger partial charge in [-0.25, -0.2) is 4.98 Å². The number of aliphatic hydroxyl groups excluding tert-OH is 1. The molecule has 9 nitrogen and oxygen atoms in total. The molecule has 0 amide bonds. The molecule has 0 bridgehead atoms. The van der Waals surface area contributed by atoms with E-state index < -0.39 is 36.8 Å². The van der Waals surface area contributed by atoms with Crippen molar-refractivity contribution in [3.05, 3.63) is 16.7 Å². The fourth-order valence-electron chi connectivity index (χ4n) is 2.45. The molecule has 1 aliphatic heterocycles. The number of rotatable bonds is 3. The number of aromatic nitrogens is 4. The van der Waals surface area contributed by atoms with Crippen molar-refractivity contribution >= 4 is 17.1 Å². The zero-order valence-electron chi connectivity index (χ0n) is 11.1. The molecule has 4 N–H and O–H groups in total. The van der Waals surface area contributed by atoms with Crippen molar-refractivity contribution < 1.29 is 19.0 Å². The van der Waals surface area contributed by atoms with E-state index in [0.717, 1.165) is 0 Å². The molecule has 2 aromatic heterocycles. The number of imidazole rings is 1. The second kappa shape index (κ2) is 5.06. The molecule has 21 heavy (non-hydrogen) atoms. The van der Waals surface area contributed by atoms with Crippen LogP contribution in [0.5, 0.6) is 0 Å². The Balaban J connectivity index is 2.07. The van der Waals surface area contributed by atoms with Crippen LogP contribution in [0.2, 0.25) is 0 Å². The first-order valence-corrected chi connectivity index (χ1v) is 6.21. The third-order valence-electron chi connectivity index (χ3n) is 3.49. The molecule has 2 unspecified atom stereocenters. The number of ether oxygens (including phenoxy) is 2. The van der Waals surface area contributed by atoms with Crippen LogP contribution in [0.4, 0.5) is 10.3 Å². The van der Waals surface area contributed by atoms with Crippen LogP contribution in [0.25, 0.3) is 11.2 Å². The highest BCUT2D eigenvalue weighted by atomic mass is 19.1. The number of nitrogens with two attached hydrogens (primary N) is 1. The molecule has 10 heteroatoms. The van der Waals surface area contributed by atoms with E-state index in [1.165, 1.54) is 18.0 Å². The molecular formula is C11H14FN5O4. The third-order valence-corrected chi connectivity index (χ3v) is 3.49. The van der Waals surface area contributed by atoms with E-state index in [4.69, 9.17) is 15.2 Å². The minimum absolute atomic E-state index is 0.0534. The summed E-state index contributed by atoms with van der Waals surface area (Å²) in [5.41, 5.74) is 5.19. The largest absolute Gasteiger partial charge is 0.388 e. The summed E-state index contributed by atoms with van der Waals surface area (Å²) in [7, 11) is 1.36. The predicted octanol–water partition coefficient (Wildman–Crippen LogP) is -0.850. The Bertz CT molecular complexity index is 716. The van der Waals surface area contributed by atoms with E-state index in [0.29, 0.717) is 0 Å². The number of hydrogen-bond donors (Lipinski definition) is 3. The van der Waals surface area contributed by atoms with E-state index in [9.17, 15) is 14.3 Å². The summed E-state index contributed by atoms with van der Waals surface area (Å²) >= 11 is 0. The van der Waals surface area contributed by atoms with Crippen molar-refractivity contribution in [1.82, 2.24) is 19.5 Å². The summed E-state index contributed by atoms with van der Waals surface area (Å²) in [5, 5.41) is 10.2. The number of methoxy groups -OCH3 is 1. The zero-order chi connectivity index (χ0) is 15.1. The van der Waals surface area contributed by atoms with Gasteiger partial charge >= 0.3 is 0 Å². The number of nitrogens with one attached hydrogen (secondary N) is 1. The van der Waals surface area contributed by atoms with E-state index in [2.05, 4.69) is 15.0 Å². The number of H-pyrrole nitrogens is 1. The molecule has 1 fully saturated rings. The SMILES string of the molecule is CO[C@H]1O[C@@H](n2cnc3c(=O)[nH]c(N)nc32)C(O)C1CF. The summed E-state index contributed by atoms with van der Waals surface area (Å²) in [4.78, 5) is 21.9. The van der Waals surface area contributed by atoms with Crippen LogP contribution in [0.1, 0.15) is 6.23 Å². The first-order chi connectivity index (χ1) is 10.1. The van der Waals surface area contributed by atoms with E-state index >= 15 is 0 Å². The van der Waals surface area contributed by atoms with Gasteiger partial charge in [-0.05, 0) is 0 Å².